The molecule has 1 amide bonds. The third kappa shape index (κ3) is 2.56. The van der Waals surface area contributed by atoms with E-state index in [1.54, 1.807) is 11.1 Å². The normalized spacial score (nSPS) is 22.1. The summed E-state index contributed by atoms with van der Waals surface area (Å²) in [6, 6.07) is 2.35. The second-order valence-corrected chi connectivity index (χ2v) is 3.97. The zero-order chi connectivity index (χ0) is 10.7. The number of piperidine rings is 1. The molecule has 0 spiro atoms. The van der Waals surface area contributed by atoms with Crippen LogP contribution in [-0.4, -0.2) is 40.6 Å². The van der Waals surface area contributed by atoms with Crippen LogP contribution in [0.4, 0.5) is 0 Å². The van der Waals surface area contributed by atoms with Crippen LogP contribution in [0.15, 0.2) is 12.3 Å². The summed E-state index contributed by atoms with van der Waals surface area (Å²) < 4.78 is 0. The van der Waals surface area contributed by atoms with Gasteiger partial charge >= 0.3 is 0 Å². The molecule has 1 aliphatic heterocycles. The first-order chi connectivity index (χ1) is 7.25. The molecule has 0 aliphatic carbocycles. The summed E-state index contributed by atoms with van der Waals surface area (Å²) in [5, 5.41) is 10.2. The van der Waals surface area contributed by atoms with Gasteiger partial charge in [0.05, 0.1) is 0 Å². The van der Waals surface area contributed by atoms with Crippen molar-refractivity contribution < 1.29 is 4.79 Å². The number of amides is 1. The van der Waals surface area contributed by atoms with Crippen molar-refractivity contribution in [1.29, 1.82) is 0 Å². The van der Waals surface area contributed by atoms with Crippen LogP contribution < -0.4 is 5.32 Å². The lowest BCUT2D eigenvalue weighted by Crippen LogP contribution is -2.46. The molecule has 82 valence electrons. The molecule has 0 saturated carbocycles. The van der Waals surface area contributed by atoms with Gasteiger partial charge in [0, 0.05) is 44.5 Å². The fourth-order valence-electron chi connectivity index (χ4n) is 1.82. The van der Waals surface area contributed by atoms with E-state index in [9.17, 15) is 4.79 Å². The van der Waals surface area contributed by atoms with Crippen molar-refractivity contribution in [2.45, 2.75) is 25.4 Å². The summed E-state index contributed by atoms with van der Waals surface area (Å²) in [6.45, 7) is 1.58. The molecular formula is C10H16N4O. The zero-order valence-electron chi connectivity index (χ0n) is 8.86. The van der Waals surface area contributed by atoms with Crippen LogP contribution in [0.3, 0.4) is 0 Å². The highest BCUT2D eigenvalue weighted by Crippen LogP contribution is 2.09. The monoisotopic (exact) mass is 208 g/mol. The number of aromatic amines is 1. The molecule has 1 saturated heterocycles. The molecule has 1 aliphatic rings. The van der Waals surface area contributed by atoms with Crippen LogP contribution in [-0.2, 0) is 11.3 Å². The Hall–Kier alpha value is -1.36. The highest BCUT2D eigenvalue weighted by atomic mass is 16.2. The molecule has 1 atom stereocenters. The number of hydrogen-bond acceptors (Lipinski definition) is 3. The highest BCUT2D eigenvalue weighted by Gasteiger charge is 2.22. The van der Waals surface area contributed by atoms with Gasteiger partial charge < -0.3 is 10.2 Å². The van der Waals surface area contributed by atoms with E-state index in [4.69, 9.17) is 0 Å². The summed E-state index contributed by atoms with van der Waals surface area (Å²) in [5.74, 6) is 0.245. The molecule has 2 N–H and O–H groups in total. The number of nitrogens with one attached hydrogen (secondary N) is 2. The number of likely N-dealkylation sites (tertiary alicyclic amines) is 1. The van der Waals surface area contributed by atoms with E-state index in [2.05, 4.69) is 15.5 Å². The molecular weight excluding hydrogens is 192 g/mol. The SMILES string of the molecule is CN1CC(NCc2ccn[nH]2)CCC1=O. The van der Waals surface area contributed by atoms with Gasteiger partial charge in [0.2, 0.25) is 5.91 Å². The van der Waals surface area contributed by atoms with E-state index >= 15 is 0 Å². The molecule has 1 fully saturated rings. The number of H-pyrrole nitrogens is 1. The largest absolute Gasteiger partial charge is 0.344 e. The Labute approximate surface area is 88.8 Å². The lowest BCUT2D eigenvalue weighted by molar-refractivity contribution is -0.132. The van der Waals surface area contributed by atoms with Crippen molar-refractivity contribution in [3.8, 4) is 0 Å². The molecule has 1 aromatic heterocycles. The number of aromatic nitrogens is 2. The van der Waals surface area contributed by atoms with Crippen molar-refractivity contribution in [2.75, 3.05) is 13.6 Å². The van der Waals surface area contributed by atoms with Gasteiger partial charge in [0.25, 0.3) is 0 Å². The maximum atomic E-state index is 11.3. The predicted molar refractivity (Wildman–Crippen MR) is 56.1 cm³/mol. The van der Waals surface area contributed by atoms with E-state index in [0.717, 1.165) is 25.2 Å². The van der Waals surface area contributed by atoms with Crippen molar-refractivity contribution in [2.24, 2.45) is 0 Å². The smallest absolute Gasteiger partial charge is 0.222 e. The van der Waals surface area contributed by atoms with E-state index in [1.807, 2.05) is 13.1 Å². The van der Waals surface area contributed by atoms with Gasteiger partial charge in [-0.3, -0.25) is 9.89 Å². The number of nitrogens with zero attached hydrogens (tertiary/aromatic N) is 2. The van der Waals surface area contributed by atoms with Gasteiger partial charge in [0.15, 0.2) is 0 Å². The van der Waals surface area contributed by atoms with E-state index < -0.39 is 0 Å². The minimum absolute atomic E-state index is 0.245. The van der Waals surface area contributed by atoms with Crippen molar-refractivity contribution >= 4 is 5.91 Å². The Morgan fingerprint density at radius 3 is 3.27 bits per heavy atom. The van der Waals surface area contributed by atoms with Gasteiger partial charge in [-0.25, -0.2) is 0 Å². The molecule has 5 nitrogen and oxygen atoms in total. The molecule has 5 heteroatoms. The zero-order valence-corrected chi connectivity index (χ0v) is 8.86. The molecule has 0 aromatic carbocycles. The lowest BCUT2D eigenvalue weighted by atomic mass is 10.1. The van der Waals surface area contributed by atoms with Crippen LogP contribution in [0.5, 0.6) is 0 Å². The van der Waals surface area contributed by atoms with Gasteiger partial charge in [-0.15, -0.1) is 0 Å². The second-order valence-electron chi connectivity index (χ2n) is 3.97. The second kappa shape index (κ2) is 4.44. The quantitative estimate of drug-likeness (QED) is 0.741. The number of carbonyl (C=O) groups is 1. The standard InChI is InChI=1S/C10H16N4O/c1-14-7-9(2-3-10(14)15)11-6-8-4-5-12-13-8/h4-5,9,11H,2-3,6-7H2,1H3,(H,12,13). The summed E-state index contributed by atoms with van der Waals surface area (Å²) in [5.41, 5.74) is 1.08. The maximum Gasteiger partial charge on any atom is 0.222 e. The molecule has 15 heavy (non-hydrogen) atoms. The number of rotatable bonds is 3. The van der Waals surface area contributed by atoms with Crippen LogP contribution >= 0.6 is 0 Å². The topological polar surface area (TPSA) is 61.0 Å². The Balaban J connectivity index is 1.78. The van der Waals surface area contributed by atoms with Crippen LogP contribution in [0.2, 0.25) is 0 Å². The lowest BCUT2D eigenvalue weighted by Gasteiger charge is -2.30. The van der Waals surface area contributed by atoms with Crippen LogP contribution in [0.1, 0.15) is 18.5 Å². The third-order valence-corrected chi connectivity index (χ3v) is 2.77. The molecule has 2 heterocycles. The Morgan fingerprint density at radius 2 is 2.60 bits per heavy atom. The Bertz CT molecular complexity index is 322. The maximum absolute atomic E-state index is 11.3. The van der Waals surface area contributed by atoms with Gasteiger partial charge in [-0.1, -0.05) is 0 Å². The molecule has 0 radical (unpaired) electrons. The molecule has 2 rings (SSSR count). The van der Waals surface area contributed by atoms with Gasteiger partial charge in [-0.2, -0.15) is 5.10 Å². The summed E-state index contributed by atoms with van der Waals surface area (Å²) in [4.78, 5) is 13.0. The van der Waals surface area contributed by atoms with Crippen molar-refractivity contribution in [1.82, 2.24) is 20.4 Å². The average molecular weight is 208 g/mol. The number of hydrogen-bond donors (Lipinski definition) is 2. The van der Waals surface area contributed by atoms with Crippen LogP contribution in [0, 0.1) is 0 Å². The minimum Gasteiger partial charge on any atom is -0.344 e. The van der Waals surface area contributed by atoms with E-state index in [0.29, 0.717) is 12.5 Å². The van der Waals surface area contributed by atoms with E-state index in [-0.39, 0.29) is 5.91 Å². The summed E-state index contributed by atoms with van der Waals surface area (Å²) in [7, 11) is 1.85. The molecule has 1 aromatic rings. The van der Waals surface area contributed by atoms with Crippen LogP contribution in [0.25, 0.3) is 0 Å². The first kappa shape index (κ1) is 10.2. The number of likely N-dealkylation sites (N-methyl/N-ethyl adjacent to an activating group) is 1. The Morgan fingerprint density at radius 1 is 1.73 bits per heavy atom. The number of carbonyl (C=O) groups excluding carboxylic acids is 1. The fraction of sp³-hybridized carbons (Fsp3) is 0.600. The predicted octanol–water partition coefficient (Wildman–Crippen LogP) is 0.120. The average Bonchev–Trinajstić information content (AvgIpc) is 2.73. The molecule has 1 unspecified atom stereocenters. The third-order valence-electron chi connectivity index (χ3n) is 2.77. The Kier molecular flexibility index (Phi) is 3.01. The highest BCUT2D eigenvalue weighted by molar-refractivity contribution is 5.76. The van der Waals surface area contributed by atoms with E-state index in [1.165, 1.54) is 0 Å². The first-order valence-electron chi connectivity index (χ1n) is 5.21. The van der Waals surface area contributed by atoms with Crippen molar-refractivity contribution in [3.05, 3.63) is 18.0 Å². The first-order valence-corrected chi connectivity index (χ1v) is 5.21. The summed E-state index contributed by atoms with van der Waals surface area (Å²) >= 11 is 0. The molecule has 0 bridgehead atoms. The van der Waals surface area contributed by atoms with Gasteiger partial charge in [0.1, 0.15) is 0 Å². The summed E-state index contributed by atoms with van der Waals surface area (Å²) in [6.07, 6.45) is 3.32. The van der Waals surface area contributed by atoms with Crippen molar-refractivity contribution in [3.63, 3.8) is 0 Å². The minimum atomic E-state index is 0.245. The van der Waals surface area contributed by atoms with Gasteiger partial charge in [-0.05, 0) is 12.5 Å². The fourth-order valence-corrected chi connectivity index (χ4v) is 1.82.